The van der Waals surface area contributed by atoms with Crippen molar-refractivity contribution < 1.29 is 9.32 Å². The van der Waals surface area contributed by atoms with E-state index in [4.69, 9.17) is 4.53 Å². The molecule has 0 radical (unpaired) electrons. The van der Waals surface area contributed by atoms with Gasteiger partial charge in [-0.2, -0.15) is 0 Å². The number of carbonyl (C=O) groups excluding carboxylic acids is 1. The Morgan fingerprint density at radius 1 is 1.31 bits per heavy atom. The molecule has 0 atom stereocenters. The van der Waals surface area contributed by atoms with Gasteiger partial charge in [0.25, 0.3) is 8.32 Å². The number of Topliss-reactive ketones (excluding diaryl/α,β-unsaturated/α-hetero) is 1. The second-order valence-electron chi connectivity index (χ2n) is 4.43. The zero-order valence-corrected chi connectivity index (χ0v) is 9.59. The number of ketones is 1. The van der Waals surface area contributed by atoms with E-state index >= 15 is 0 Å². The van der Waals surface area contributed by atoms with E-state index in [2.05, 4.69) is 24.8 Å². The highest BCUT2D eigenvalue weighted by Gasteiger charge is 2.19. The van der Waals surface area contributed by atoms with Crippen molar-refractivity contribution in [3.63, 3.8) is 0 Å². The highest BCUT2D eigenvalue weighted by Crippen LogP contribution is 2.13. The number of carbonyl (C=O) groups is 1. The lowest BCUT2D eigenvalue weighted by atomic mass is 9.98. The summed E-state index contributed by atoms with van der Waals surface area (Å²) in [5.41, 5.74) is 0.929. The summed E-state index contributed by atoms with van der Waals surface area (Å²) < 4.78 is 5.39. The van der Waals surface area contributed by atoms with Gasteiger partial charge in [0.05, 0.1) is 5.71 Å². The van der Waals surface area contributed by atoms with E-state index in [-0.39, 0.29) is 0 Å². The minimum atomic E-state index is -1.56. The molecule has 0 heterocycles. The average Bonchev–Trinajstić information content (AvgIpc) is 2.00. The van der Waals surface area contributed by atoms with Gasteiger partial charge in [-0.25, -0.2) is 0 Å². The summed E-state index contributed by atoms with van der Waals surface area (Å²) in [4.78, 5) is 11.1. The Bertz CT molecular complexity index is 230. The number of rotatable bonds is 2. The third-order valence-electron chi connectivity index (χ3n) is 1.77. The second-order valence-corrected chi connectivity index (χ2v) is 8.84. The van der Waals surface area contributed by atoms with Crippen molar-refractivity contribution in [2.24, 2.45) is 5.16 Å². The van der Waals surface area contributed by atoms with Crippen molar-refractivity contribution in [1.29, 1.82) is 0 Å². The first kappa shape index (κ1) is 10.4. The van der Waals surface area contributed by atoms with Gasteiger partial charge < -0.3 is 4.53 Å². The molecule has 0 spiro atoms. The molecular weight excluding hydrogens is 182 g/mol. The predicted molar refractivity (Wildman–Crippen MR) is 55.3 cm³/mol. The van der Waals surface area contributed by atoms with Crippen molar-refractivity contribution in [2.45, 2.75) is 45.3 Å². The van der Waals surface area contributed by atoms with Crippen LogP contribution in [-0.4, -0.2) is 19.8 Å². The number of nitrogens with zero attached hydrogens (tertiary/aromatic N) is 1. The van der Waals surface area contributed by atoms with Crippen molar-refractivity contribution in [2.75, 3.05) is 0 Å². The molecule has 0 aromatic carbocycles. The van der Waals surface area contributed by atoms with Gasteiger partial charge >= 0.3 is 0 Å². The topological polar surface area (TPSA) is 38.7 Å². The van der Waals surface area contributed by atoms with Crippen LogP contribution in [0.15, 0.2) is 5.16 Å². The van der Waals surface area contributed by atoms with E-state index < -0.39 is 8.32 Å². The zero-order chi connectivity index (χ0) is 9.90. The van der Waals surface area contributed by atoms with E-state index in [1.54, 1.807) is 0 Å². The Balaban J connectivity index is 2.46. The molecule has 1 aliphatic carbocycles. The van der Waals surface area contributed by atoms with Gasteiger partial charge in [0, 0.05) is 12.8 Å². The Morgan fingerprint density at radius 3 is 2.54 bits per heavy atom. The number of hydrogen-bond donors (Lipinski definition) is 0. The highest BCUT2D eigenvalue weighted by molar-refractivity contribution is 6.69. The fourth-order valence-corrected chi connectivity index (χ4v) is 1.58. The van der Waals surface area contributed by atoms with Crippen LogP contribution in [0.1, 0.15) is 25.7 Å². The summed E-state index contributed by atoms with van der Waals surface area (Å²) in [5.74, 6) is 0.296. The third kappa shape index (κ3) is 4.22. The Morgan fingerprint density at radius 2 is 2.00 bits per heavy atom. The molecule has 0 saturated heterocycles. The predicted octanol–water partition coefficient (Wildman–Crippen LogP) is 2.34. The van der Waals surface area contributed by atoms with E-state index in [0.29, 0.717) is 18.6 Å². The van der Waals surface area contributed by atoms with Crippen LogP contribution in [0.5, 0.6) is 0 Å². The standard InChI is InChI=1S/C9H17NO2Si/c1-13(2,3)12-10-8-5-4-6-9(11)7-8/h4-7H2,1-3H3. The highest BCUT2D eigenvalue weighted by atomic mass is 28.4. The third-order valence-corrected chi connectivity index (χ3v) is 2.41. The minimum absolute atomic E-state index is 0.296. The molecule has 0 amide bonds. The summed E-state index contributed by atoms with van der Waals surface area (Å²) in [6.07, 6.45) is 3.08. The van der Waals surface area contributed by atoms with Crippen LogP contribution in [-0.2, 0) is 9.32 Å². The molecule has 0 unspecified atom stereocenters. The summed E-state index contributed by atoms with van der Waals surface area (Å²) >= 11 is 0. The Labute approximate surface area is 80.3 Å². The van der Waals surface area contributed by atoms with Gasteiger partial charge in [-0.1, -0.05) is 0 Å². The number of oxime groups is 1. The van der Waals surface area contributed by atoms with Crippen LogP contribution in [0.25, 0.3) is 0 Å². The monoisotopic (exact) mass is 199 g/mol. The second kappa shape index (κ2) is 4.04. The maximum atomic E-state index is 11.1. The van der Waals surface area contributed by atoms with Crippen molar-refractivity contribution in [3.05, 3.63) is 0 Å². The first-order chi connectivity index (χ1) is 5.97. The lowest BCUT2D eigenvalue weighted by molar-refractivity contribution is -0.118. The quantitative estimate of drug-likeness (QED) is 0.506. The molecule has 3 nitrogen and oxygen atoms in total. The van der Waals surface area contributed by atoms with E-state index in [1.807, 2.05) is 0 Å². The average molecular weight is 199 g/mol. The summed E-state index contributed by atoms with van der Waals surface area (Å²) in [6, 6.07) is 0. The van der Waals surface area contributed by atoms with E-state index in [0.717, 1.165) is 18.6 Å². The summed E-state index contributed by atoms with van der Waals surface area (Å²) in [5, 5.41) is 4.06. The number of hydrogen-bond acceptors (Lipinski definition) is 3. The van der Waals surface area contributed by atoms with Crippen LogP contribution in [0, 0.1) is 0 Å². The zero-order valence-electron chi connectivity index (χ0n) is 8.59. The van der Waals surface area contributed by atoms with Crippen LogP contribution in [0.4, 0.5) is 0 Å². The maximum absolute atomic E-state index is 11.1. The molecular formula is C9H17NO2Si. The molecule has 4 heteroatoms. The normalized spacial score (nSPS) is 22.1. The molecule has 0 aromatic heterocycles. The van der Waals surface area contributed by atoms with E-state index in [9.17, 15) is 4.79 Å². The smallest absolute Gasteiger partial charge is 0.278 e. The van der Waals surface area contributed by atoms with Crippen molar-refractivity contribution >= 4 is 19.8 Å². The van der Waals surface area contributed by atoms with Crippen LogP contribution >= 0.6 is 0 Å². The first-order valence-corrected chi connectivity index (χ1v) is 8.14. The van der Waals surface area contributed by atoms with Gasteiger partial charge in [0.1, 0.15) is 5.78 Å². The molecule has 1 saturated carbocycles. The SMILES string of the molecule is C[Si](C)(C)ON=C1CCCC(=O)C1. The van der Waals surface area contributed by atoms with Gasteiger partial charge in [-0.05, 0) is 32.5 Å². The van der Waals surface area contributed by atoms with Crippen LogP contribution in [0.3, 0.4) is 0 Å². The lowest BCUT2D eigenvalue weighted by Gasteiger charge is -2.16. The van der Waals surface area contributed by atoms with Crippen LogP contribution < -0.4 is 0 Å². The molecule has 74 valence electrons. The summed E-state index contributed by atoms with van der Waals surface area (Å²) in [7, 11) is -1.56. The van der Waals surface area contributed by atoms with E-state index in [1.165, 1.54) is 0 Å². The molecule has 1 rings (SSSR count). The molecule has 1 fully saturated rings. The Hall–Kier alpha value is -0.643. The molecule has 0 aliphatic heterocycles. The molecule has 0 aromatic rings. The van der Waals surface area contributed by atoms with Gasteiger partial charge in [0.15, 0.2) is 0 Å². The molecule has 13 heavy (non-hydrogen) atoms. The van der Waals surface area contributed by atoms with Crippen molar-refractivity contribution in [3.8, 4) is 0 Å². The first-order valence-electron chi connectivity index (χ1n) is 4.73. The minimum Gasteiger partial charge on any atom is -0.456 e. The van der Waals surface area contributed by atoms with Crippen molar-refractivity contribution in [1.82, 2.24) is 0 Å². The lowest BCUT2D eigenvalue weighted by Crippen LogP contribution is -2.24. The largest absolute Gasteiger partial charge is 0.456 e. The summed E-state index contributed by atoms with van der Waals surface area (Å²) in [6.45, 7) is 6.26. The Kier molecular flexibility index (Phi) is 3.25. The van der Waals surface area contributed by atoms with Crippen LogP contribution in [0.2, 0.25) is 19.6 Å². The van der Waals surface area contributed by atoms with Gasteiger partial charge in [0.2, 0.25) is 0 Å². The van der Waals surface area contributed by atoms with Gasteiger partial charge in [-0.3, -0.25) is 4.79 Å². The molecule has 0 N–H and O–H groups in total. The fourth-order valence-electron chi connectivity index (χ4n) is 1.17. The van der Waals surface area contributed by atoms with Gasteiger partial charge in [-0.15, -0.1) is 5.16 Å². The molecule has 0 bridgehead atoms. The maximum Gasteiger partial charge on any atom is 0.278 e. The fraction of sp³-hybridized carbons (Fsp3) is 0.778. The molecule has 1 aliphatic rings.